The van der Waals surface area contributed by atoms with Crippen molar-refractivity contribution in [2.75, 3.05) is 25.1 Å². The monoisotopic (exact) mass is 329 g/mol. The first kappa shape index (κ1) is 15.8. The Morgan fingerprint density at radius 2 is 1.86 bits per heavy atom. The maximum atomic E-state index is 12.5. The normalized spacial score (nSPS) is 30.3. The van der Waals surface area contributed by atoms with Gasteiger partial charge in [-0.05, 0) is 42.9 Å². The first-order chi connectivity index (χ1) is 10.2. The molecular formula is C15H23NO5S. The van der Waals surface area contributed by atoms with Gasteiger partial charge >= 0.3 is 5.97 Å². The van der Waals surface area contributed by atoms with Gasteiger partial charge in [0.1, 0.15) is 9.84 Å². The molecule has 7 heteroatoms. The van der Waals surface area contributed by atoms with E-state index in [1.807, 2.05) is 0 Å². The molecule has 0 radical (unpaired) electrons. The molecule has 1 saturated heterocycles. The van der Waals surface area contributed by atoms with Gasteiger partial charge in [-0.2, -0.15) is 0 Å². The smallest absolute Gasteiger partial charge is 0.308 e. The van der Waals surface area contributed by atoms with Crippen molar-refractivity contribution >= 4 is 21.7 Å². The minimum atomic E-state index is -3.09. The van der Waals surface area contributed by atoms with Crippen LogP contribution in [0.2, 0.25) is 0 Å². The Bertz CT molecular complexity index is 591. The molecule has 6 nitrogen and oxygen atoms in total. The van der Waals surface area contributed by atoms with E-state index in [9.17, 15) is 23.1 Å². The fourth-order valence-electron chi connectivity index (χ4n) is 3.83. The summed E-state index contributed by atoms with van der Waals surface area (Å²) in [5.74, 6) is -0.758. The van der Waals surface area contributed by atoms with Gasteiger partial charge in [0.25, 0.3) is 0 Å². The predicted molar refractivity (Wildman–Crippen MR) is 79.9 cm³/mol. The Balaban J connectivity index is 1.62. The Hall–Kier alpha value is -1.11. The van der Waals surface area contributed by atoms with E-state index >= 15 is 0 Å². The van der Waals surface area contributed by atoms with E-state index in [-0.39, 0.29) is 36.0 Å². The van der Waals surface area contributed by atoms with Gasteiger partial charge in [0, 0.05) is 25.8 Å². The molecule has 3 rings (SSSR count). The highest BCUT2D eigenvalue weighted by Crippen LogP contribution is 2.51. The third-order valence-electron chi connectivity index (χ3n) is 5.31. The molecule has 22 heavy (non-hydrogen) atoms. The summed E-state index contributed by atoms with van der Waals surface area (Å²) in [6.45, 7) is 0.805. The average Bonchev–Trinajstić information content (AvgIpc) is 3.29. The van der Waals surface area contributed by atoms with Crippen LogP contribution < -0.4 is 0 Å². The van der Waals surface area contributed by atoms with Crippen LogP contribution in [-0.4, -0.2) is 55.4 Å². The standard InChI is InChI=1S/C15H23NO5S/c1-22(20,21)9-15(4-5-15)6-13(17)16-7-11(10-2-3-10)12(8-16)14(18)19/h10-12H,2-9H2,1H3,(H,18,19)/t11-,12+/m1/s1. The summed E-state index contributed by atoms with van der Waals surface area (Å²) in [5.41, 5.74) is -0.388. The van der Waals surface area contributed by atoms with Crippen molar-refractivity contribution in [2.45, 2.75) is 32.1 Å². The van der Waals surface area contributed by atoms with Crippen LogP contribution in [0.1, 0.15) is 32.1 Å². The number of rotatable bonds is 6. The third-order valence-corrected chi connectivity index (χ3v) is 6.45. The number of sulfone groups is 1. The van der Waals surface area contributed by atoms with Gasteiger partial charge in [0.05, 0.1) is 11.7 Å². The van der Waals surface area contributed by atoms with E-state index in [0.717, 1.165) is 25.7 Å². The Labute approximate surface area is 130 Å². The lowest BCUT2D eigenvalue weighted by Gasteiger charge is -2.20. The van der Waals surface area contributed by atoms with Crippen LogP contribution in [0.25, 0.3) is 0 Å². The van der Waals surface area contributed by atoms with E-state index in [4.69, 9.17) is 0 Å². The molecule has 1 heterocycles. The van der Waals surface area contributed by atoms with Crippen molar-refractivity contribution < 1.29 is 23.1 Å². The van der Waals surface area contributed by atoms with Crippen LogP contribution in [0, 0.1) is 23.2 Å². The van der Waals surface area contributed by atoms with Gasteiger partial charge in [0.2, 0.25) is 5.91 Å². The lowest BCUT2D eigenvalue weighted by atomic mass is 9.92. The molecule has 3 aliphatic rings. The summed E-state index contributed by atoms with van der Waals surface area (Å²) in [6, 6.07) is 0. The summed E-state index contributed by atoms with van der Waals surface area (Å²) in [5, 5.41) is 9.34. The molecule has 1 amide bonds. The minimum Gasteiger partial charge on any atom is -0.481 e. The van der Waals surface area contributed by atoms with E-state index in [1.165, 1.54) is 6.26 Å². The highest BCUT2D eigenvalue weighted by Gasteiger charge is 2.50. The maximum absolute atomic E-state index is 12.5. The van der Waals surface area contributed by atoms with E-state index < -0.39 is 21.7 Å². The van der Waals surface area contributed by atoms with Crippen molar-refractivity contribution in [3.63, 3.8) is 0 Å². The molecule has 3 fully saturated rings. The zero-order chi connectivity index (χ0) is 16.1. The lowest BCUT2D eigenvalue weighted by molar-refractivity contribution is -0.142. The highest BCUT2D eigenvalue weighted by molar-refractivity contribution is 7.90. The van der Waals surface area contributed by atoms with Crippen LogP contribution in [0.5, 0.6) is 0 Å². The van der Waals surface area contributed by atoms with Gasteiger partial charge in [-0.25, -0.2) is 8.42 Å². The first-order valence-corrected chi connectivity index (χ1v) is 9.93. The quantitative estimate of drug-likeness (QED) is 0.777. The number of carboxylic acid groups (broad SMARTS) is 1. The van der Waals surface area contributed by atoms with Crippen molar-refractivity contribution in [1.29, 1.82) is 0 Å². The van der Waals surface area contributed by atoms with E-state index in [0.29, 0.717) is 12.5 Å². The van der Waals surface area contributed by atoms with E-state index in [1.54, 1.807) is 4.90 Å². The average molecular weight is 329 g/mol. The number of carboxylic acids is 1. The molecule has 2 aliphatic carbocycles. The highest BCUT2D eigenvalue weighted by atomic mass is 32.2. The van der Waals surface area contributed by atoms with E-state index in [2.05, 4.69) is 0 Å². The van der Waals surface area contributed by atoms with Gasteiger partial charge in [0.15, 0.2) is 0 Å². The molecule has 0 aromatic rings. The number of hydrogen-bond acceptors (Lipinski definition) is 4. The second kappa shape index (κ2) is 5.22. The fourth-order valence-corrected chi connectivity index (χ4v) is 5.34. The molecule has 0 aromatic carbocycles. The molecule has 2 saturated carbocycles. The maximum Gasteiger partial charge on any atom is 0.308 e. The van der Waals surface area contributed by atoms with Crippen LogP contribution in [-0.2, 0) is 19.4 Å². The Morgan fingerprint density at radius 1 is 1.23 bits per heavy atom. The number of aliphatic carboxylic acids is 1. The Kier molecular flexibility index (Phi) is 3.74. The molecular weight excluding hydrogens is 306 g/mol. The zero-order valence-electron chi connectivity index (χ0n) is 12.8. The number of carbonyl (C=O) groups is 2. The molecule has 0 bridgehead atoms. The van der Waals surface area contributed by atoms with Crippen LogP contribution in [0.15, 0.2) is 0 Å². The first-order valence-electron chi connectivity index (χ1n) is 7.87. The lowest BCUT2D eigenvalue weighted by Crippen LogP contribution is -2.33. The summed E-state index contributed by atoms with van der Waals surface area (Å²) in [6.07, 6.45) is 5.12. The topological polar surface area (TPSA) is 91.8 Å². The largest absolute Gasteiger partial charge is 0.481 e. The molecule has 124 valence electrons. The minimum absolute atomic E-state index is 0.0635. The van der Waals surface area contributed by atoms with Gasteiger partial charge < -0.3 is 10.0 Å². The van der Waals surface area contributed by atoms with Gasteiger partial charge in [-0.1, -0.05) is 0 Å². The third kappa shape index (κ3) is 3.45. The number of likely N-dealkylation sites (tertiary alicyclic amines) is 1. The summed E-state index contributed by atoms with van der Waals surface area (Å²) < 4.78 is 23.0. The second-order valence-electron chi connectivity index (χ2n) is 7.49. The van der Waals surface area contributed by atoms with Crippen molar-refractivity contribution in [3.05, 3.63) is 0 Å². The molecule has 0 spiro atoms. The fraction of sp³-hybridized carbons (Fsp3) is 0.867. The van der Waals surface area contributed by atoms with Crippen molar-refractivity contribution in [3.8, 4) is 0 Å². The van der Waals surface area contributed by atoms with Crippen LogP contribution in [0.4, 0.5) is 0 Å². The van der Waals surface area contributed by atoms with Gasteiger partial charge in [-0.15, -0.1) is 0 Å². The molecule has 1 N–H and O–H groups in total. The number of carbonyl (C=O) groups excluding carboxylic acids is 1. The van der Waals surface area contributed by atoms with Crippen molar-refractivity contribution in [1.82, 2.24) is 4.90 Å². The zero-order valence-corrected chi connectivity index (χ0v) is 13.6. The summed E-state index contributed by atoms with van der Waals surface area (Å²) in [7, 11) is -3.09. The molecule has 0 aromatic heterocycles. The second-order valence-corrected chi connectivity index (χ2v) is 9.63. The predicted octanol–water partition coefficient (Wildman–Crippen LogP) is 0.770. The number of nitrogens with zero attached hydrogens (tertiary/aromatic N) is 1. The SMILES string of the molecule is CS(=O)(=O)CC1(CC(=O)N2C[C@H](C(=O)O)[C@@H](C3CC3)C2)CC1. The molecule has 2 atom stereocenters. The van der Waals surface area contributed by atoms with Crippen molar-refractivity contribution in [2.24, 2.45) is 23.2 Å². The Morgan fingerprint density at radius 3 is 2.32 bits per heavy atom. The molecule has 0 unspecified atom stereocenters. The van der Waals surface area contributed by atoms with Crippen LogP contribution in [0.3, 0.4) is 0 Å². The van der Waals surface area contributed by atoms with Gasteiger partial charge in [-0.3, -0.25) is 9.59 Å². The molecule has 1 aliphatic heterocycles. The summed E-state index contributed by atoms with van der Waals surface area (Å²) >= 11 is 0. The van der Waals surface area contributed by atoms with Crippen LogP contribution >= 0.6 is 0 Å². The summed E-state index contributed by atoms with van der Waals surface area (Å²) in [4.78, 5) is 25.5. The number of amides is 1. The number of hydrogen-bond donors (Lipinski definition) is 1.